The zero-order chi connectivity index (χ0) is 17.7. The molecule has 1 aliphatic rings. The van der Waals surface area contributed by atoms with Gasteiger partial charge in [0.1, 0.15) is 11.6 Å². The maximum absolute atomic E-state index is 13.9. The molecule has 3 amide bonds. The number of halogens is 2. The molecule has 1 fully saturated rings. The highest BCUT2D eigenvalue weighted by molar-refractivity contribution is 5.92. The molecule has 1 saturated heterocycles. The Hall–Kier alpha value is -2.51. The molecule has 1 aromatic carbocycles. The third kappa shape index (κ3) is 4.27. The van der Waals surface area contributed by atoms with Crippen molar-refractivity contribution in [3.8, 4) is 0 Å². The van der Waals surface area contributed by atoms with E-state index in [1.54, 1.807) is 9.80 Å². The van der Waals surface area contributed by atoms with Gasteiger partial charge >= 0.3 is 0 Å². The molecule has 2 rings (SSSR count). The molecule has 1 aliphatic heterocycles. The van der Waals surface area contributed by atoms with Crippen LogP contribution in [0.1, 0.15) is 13.3 Å². The van der Waals surface area contributed by atoms with Crippen molar-refractivity contribution in [3.05, 3.63) is 29.8 Å². The summed E-state index contributed by atoms with van der Waals surface area (Å²) in [6, 6.07) is 2.94. The van der Waals surface area contributed by atoms with E-state index in [1.807, 2.05) is 0 Å². The molecule has 1 heterocycles. The Bertz CT molecular complexity index is 631. The minimum absolute atomic E-state index is 0.00458. The van der Waals surface area contributed by atoms with Crippen molar-refractivity contribution in [2.75, 3.05) is 37.6 Å². The van der Waals surface area contributed by atoms with Gasteiger partial charge in [-0.05, 0) is 12.1 Å². The van der Waals surface area contributed by atoms with Gasteiger partial charge in [0.05, 0.1) is 5.69 Å². The van der Waals surface area contributed by atoms with Gasteiger partial charge in [0.2, 0.25) is 18.2 Å². The van der Waals surface area contributed by atoms with Crippen molar-refractivity contribution >= 4 is 23.9 Å². The van der Waals surface area contributed by atoms with E-state index < -0.39 is 17.5 Å². The fourth-order valence-corrected chi connectivity index (χ4v) is 2.59. The fourth-order valence-electron chi connectivity index (χ4n) is 2.59. The zero-order valence-electron chi connectivity index (χ0n) is 13.4. The number of benzene rings is 1. The standard InChI is InChI=1S/C16H19F2N3O3/c1-12(23)21(15-3-2-13(17)10-14(15)18)5-4-16(24)20-8-6-19(11-22)7-9-20/h2-3,10-11H,4-9H2,1H3. The van der Waals surface area contributed by atoms with Crippen LogP contribution in [0.25, 0.3) is 0 Å². The van der Waals surface area contributed by atoms with Crippen molar-refractivity contribution in [2.45, 2.75) is 13.3 Å². The third-order valence-electron chi connectivity index (χ3n) is 3.95. The van der Waals surface area contributed by atoms with Gasteiger partial charge in [-0.1, -0.05) is 0 Å². The van der Waals surface area contributed by atoms with Crippen molar-refractivity contribution in [3.63, 3.8) is 0 Å². The smallest absolute Gasteiger partial charge is 0.224 e. The number of rotatable bonds is 5. The first-order valence-corrected chi connectivity index (χ1v) is 7.62. The quantitative estimate of drug-likeness (QED) is 0.752. The minimum atomic E-state index is -0.850. The lowest BCUT2D eigenvalue weighted by Gasteiger charge is -2.33. The van der Waals surface area contributed by atoms with Crippen molar-refractivity contribution < 1.29 is 23.2 Å². The monoisotopic (exact) mass is 339 g/mol. The summed E-state index contributed by atoms with van der Waals surface area (Å²) in [5.41, 5.74) is -0.0533. The minimum Gasteiger partial charge on any atom is -0.342 e. The average Bonchev–Trinajstić information content (AvgIpc) is 2.56. The van der Waals surface area contributed by atoms with E-state index in [0.717, 1.165) is 17.4 Å². The summed E-state index contributed by atoms with van der Waals surface area (Å²) < 4.78 is 26.9. The van der Waals surface area contributed by atoms with E-state index in [2.05, 4.69) is 0 Å². The second kappa shape index (κ2) is 7.85. The number of nitrogens with zero attached hydrogens (tertiary/aromatic N) is 3. The number of anilines is 1. The Morgan fingerprint density at radius 1 is 1.21 bits per heavy atom. The van der Waals surface area contributed by atoms with Gasteiger partial charge in [0.25, 0.3) is 0 Å². The molecule has 0 N–H and O–H groups in total. The highest BCUT2D eigenvalue weighted by Crippen LogP contribution is 2.21. The molecule has 0 saturated carbocycles. The van der Waals surface area contributed by atoms with Gasteiger partial charge in [-0.15, -0.1) is 0 Å². The Morgan fingerprint density at radius 3 is 2.42 bits per heavy atom. The maximum atomic E-state index is 13.9. The first kappa shape index (κ1) is 17.8. The molecule has 0 aliphatic carbocycles. The van der Waals surface area contributed by atoms with E-state index in [0.29, 0.717) is 32.2 Å². The second-order valence-corrected chi connectivity index (χ2v) is 5.54. The van der Waals surface area contributed by atoms with Crippen LogP contribution in [0, 0.1) is 11.6 Å². The zero-order valence-corrected chi connectivity index (χ0v) is 13.4. The molecule has 0 radical (unpaired) electrons. The first-order chi connectivity index (χ1) is 11.4. The van der Waals surface area contributed by atoms with Crippen LogP contribution in [-0.2, 0) is 14.4 Å². The Labute approximate surface area is 138 Å². The number of amides is 3. The van der Waals surface area contributed by atoms with Gasteiger partial charge < -0.3 is 14.7 Å². The Morgan fingerprint density at radius 2 is 1.88 bits per heavy atom. The van der Waals surface area contributed by atoms with Crippen LogP contribution >= 0.6 is 0 Å². The first-order valence-electron chi connectivity index (χ1n) is 7.62. The molecule has 0 unspecified atom stereocenters. The predicted molar refractivity (Wildman–Crippen MR) is 83.2 cm³/mol. The fraction of sp³-hybridized carbons (Fsp3) is 0.438. The summed E-state index contributed by atoms with van der Waals surface area (Å²) in [7, 11) is 0. The van der Waals surface area contributed by atoms with E-state index in [4.69, 9.17) is 0 Å². The highest BCUT2D eigenvalue weighted by Gasteiger charge is 2.22. The van der Waals surface area contributed by atoms with Crippen LogP contribution in [0.15, 0.2) is 18.2 Å². The average molecular weight is 339 g/mol. The van der Waals surface area contributed by atoms with Crippen LogP contribution in [0.4, 0.5) is 14.5 Å². The second-order valence-electron chi connectivity index (χ2n) is 5.54. The van der Waals surface area contributed by atoms with Gasteiger partial charge in [-0.3, -0.25) is 14.4 Å². The summed E-state index contributed by atoms with van der Waals surface area (Å²) in [5.74, 6) is -2.19. The largest absolute Gasteiger partial charge is 0.342 e. The molecular formula is C16H19F2N3O3. The Kier molecular flexibility index (Phi) is 5.83. The topological polar surface area (TPSA) is 60.9 Å². The number of piperazine rings is 1. The molecule has 130 valence electrons. The van der Waals surface area contributed by atoms with E-state index >= 15 is 0 Å². The molecule has 0 atom stereocenters. The molecule has 0 spiro atoms. The van der Waals surface area contributed by atoms with Gasteiger partial charge in [0.15, 0.2) is 0 Å². The normalized spacial score (nSPS) is 14.5. The lowest BCUT2D eigenvalue weighted by molar-refractivity contribution is -0.135. The lowest BCUT2D eigenvalue weighted by Crippen LogP contribution is -2.48. The van der Waals surface area contributed by atoms with Gasteiger partial charge in [0, 0.05) is 52.1 Å². The van der Waals surface area contributed by atoms with Crippen LogP contribution in [-0.4, -0.2) is 60.7 Å². The molecular weight excluding hydrogens is 320 g/mol. The molecule has 0 bridgehead atoms. The summed E-state index contributed by atoms with van der Waals surface area (Å²) >= 11 is 0. The molecule has 6 nitrogen and oxygen atoms in total. The van der Waals surface area contributed by atoms with E-state index in [1.165, 1.54) is 13.0 Å². The van der Waals surface area contributed by atoms with Crippen LogP contribution in [0.5, 0.6) is 0 Å². The number of carbonyl (C=O) groups excluding carboxylic acids is 3. The summed E-state index contributed by atoms with van der Waals surface area (Å²) in [4.78, 5) is 38.9. The summed E-state index contributed by atoms with van der Waals surface area (Å²) in [6.45, 7) is 3.07. The van der Waals surface area contributed by atoms with Crippen molar-refractivity contribution in [2.24, 2.45) is 0 Å². The molecule has 8 heteroatoms. The van der Waals surface area contributed by atoms with Crippen LogP contribution in [0.3, 0.4) is 0 Å². The van der Waals surface area contributed by atoms with Gasteiger partial charge in [-0.25, -0.2) is 8.78 Å². The van der Waals surface area contributed by atoms with E-state index in [-0.39, 0.29) is 24.6 Å². The molecule has 24 heavy (non-hydrogen) atoms. The number of hydrogen-bond acceptors (Lipinski definition) is 3. The van der Waals surface area contributed by atoms with Crippen molar-refractivity contribution in [1.82, 2.24) is 9.80 Å². The highest BCUT2D eigenvalue weighted by atomic mass is 19.1. The van der Waals surface area contributed by atoms with Gasteiger partial charge in [-0.2, -0.15) is 0 Å². The predicted octanol–water partition coefficient (Wildman–Crippen LogP) is 1.01. The van der Waals surface area contributed by atoms with Crippen molar-refractivity contribution in [1.29, 1.82) is 0 Å². The summed E-state index contributed by atoms with van der Waals surface area (Å²) in [6.07, 6.45) is 0.772. The number of hydrogen-bond donors (Lipinski definition) is 0. The SMILES string of the molecule is CC(=O)N(CCC(=O)N1CCN(C=O)CC1)c1ccc(F)cc1F. The third-order valence-corrected chi connectivity index (χ3v) is 3.95. The van der Waals surface area contributed by atoms with E-state index in [9.17, 15) is 23.2 Å². The maximum Gasteiger partial charge on any atom is 0.224 e. The Balaban J connectivity index is 1.98. The van der Waals surface area contributed by atoms with Crippen LogP contribution < -0.4 is 4.90 Å². The number of carbonyl (C=O) groups is 3. The summed E-state index contributed by atoms with van der Waals surface area (Å²) in [5, 5.41) is 0. The van der Waals surface area contributed by atoms with Crippen LogP contribution in [0.2, 0.25) is 0 Å². The molecule has 1 aromatic rings. The lowest BCUT2D eigenvalue weighted by atomic mass is 10.2. The molecule has 0 aromatic heterocycles.